The summed E-state index contributed by atoms with van der Waals surface area (Å²) in [6.07, 6.45) is 7.91. The zero-order chi connectivity index (χ0) is 18.6. The fourth-order valence-corrected chi connectivity index (χ4v) is 4.50. The van der Waals surface area contributed by atoms with Crippen molar-refractivity contribution < 1.29 is 4.79 Å². The molecular formula is C21H26N4OS. The molecule has 1 fully saturated rings. The molecule has 2 heterocycles. The zero-order valence-electron chi connectivity index (χ0n) is 15.7. The number of nitrogens with zero attached hydrogens (tertiary/aromatic N) is 3. The number of hydrogen-bond acceptors (Lipinski definition) is 4. The minimum absolute atomic E-state index is 0.00468. The lowest BCUT2D eigenvalue weighted by Gasteiger charge is -2.18. The molecule has 0 spiro atoms. The number of likely N-dealkylation sites (N-methyl/N-ethyl adjacent to an activating group) is 1. The van der Waals surface area contributed by atoms with Gasteiger partial charge in [0.25, 0.3) is 5.91 Å². The van der Waals surface area contributed by atoms with Gasteiger partial charge in [0.05, 0.1) is 5.69 Å². The summed E-state index contributed by atoms with van der Waals surface area (Å²) < 4.78 is 2.06. The van der Waals surface area contributed by atoms with Gasteiger partial charge in [-0.1, -0.05) is 43.2 Å². The number of hydrogen-bond donors (Lipinski definition) is 1. The Morgan fingerprint density at radius 1 is 1.30 bits per heavy atom. The molecule has 6 heteroatoms. The van der Waals surface area contributed by atoms with Gasteiger partial charge in [-0.2, -0.15) is 0 Å². The van der Waals surface area contributed by atoms with Crippen LogP contribution >= 0.6 is 11.3 Å². The SMILES string of the molecule is CN(CCc1ccccc1)C(=O)c1nc2sccn2c1CNC1CCCC1. The van der Waals surface area contributed by atoms with E-state index < -0.39 is 0 Å². The molecule has 1 aliphatic carbocycles. The standard InChI is InChI=1S/C21H26N4OS/c1-24(12-11-16-7-3-2-4-8-16)20(26)19-18(15-22-17-9-5-6-10-17)25-13-14-27-21(25)23-19/h2-4,7-8,13-14,17,22H,5-6,9-12,15H2,1H3. The van der Waals surface area contributed by atoms with E-state index in [1.54, 1.807) is 16.2 Å². The first-order valence-electron chi connectivity index (χ1n) is 9.69. The van der Waals surface area contributed by atoms with Crippen molar-refractivity contribution in [3.05, 3.63) is 58.9 Å². The van der Waals surface area contributed by atoms with E-state index in [0.29, 0.717) is 24.8 Å². The van der Waals surface area contributed by atoms with Crippen LogP contribution in [0.3, 0.4) is 0 Å². The number of carbonyl (C=O) groups is 1. The maximum Gasteiger partial charge on any atom is 0.274 e. The number of nitrogens with one attached hydrogen (secondary N) is 1. The number of benzene rings is 1. The van der Waals surface area contributed by atoms with Crippen molar-refractivity contribution in [1.29, 1.82) is 0 Å². The third-order valence-corrected chi connectivity index (χ3v) is 6.16. The van der Waals surface area contributed by atoms with Gasteiger partial charge in [-0.25, -0.2) is 4.98 Å². The lowest BCUT2D eigenvalue weighted by atomic mass is 10.1. The number of carbonyl (C=O) groups excluding carboxylic acids is 1. The van der Waals surface area contributed by atoms with Gasteiger partial charge in [0.15, 0.2) is 10.7 Å². The third kappa shape index (κ3) is 4.06. The molecule has 0 saturated heterocycles. The number of amides is 1. The highest BCUT2D eigenvalue weighted by atomic mass is 32.1. The summed E-state index contributed by atoms with van der Waals surface area (Å²) in [5, 5.41) is 5.65. The first-order chi connectivity index (χ1) is 13.2. The van der Waals surface area contributed by atoms with Gasteiger partial charge in [-0.3, -0.25) is 9.20 Å². The molecule has 27 heavy (non-hydrogen) atoms. The predicted molar refractivity (Wildman–Crippen MR) is 109 cm³/mol. The van der Waals surface area contributed by atoms with Crippen LogP contribution in [0.15, 0.2) is 41.9 Å². The van der Waals surface area contributed by atoms with Gasteiger partial charge in [-0.05, 0) is 24.8 Å². The van der Waals surface area contributed by atoms with Crippen LogP contribution in [-0.4, -0.2) is 39.8 Å². The molecule has 1 N–H and O–H groups in total. The molecule has 2 aromatic heterocycles. The largest absolute Gasteiger partial charge is 0.340 e. The average molecular weight is 383 g/mol. The molecule has 1 aliphatic rings. The highest BCUT2D eigenvalue weighted by molar-refractivity contribution is 7.15. The molecule has 0 radical (unpaired) electrons. The van der Waals surface area contributed by atoms with Gasteiger partial charge in [-0.15, -0.1) is 11.3 Å². The second-order valence-corrected chi connectivity index (χ2v) is 8.16. The van der Waals surface area contributed by atoms with Crippen molar-refractivity contribution in [1.82, 2.24) is 19.6 Å². The third-order valence-electron chi connectivity index (χ3n) is 5.40. The summed E-state index contributed by atoms with van der Waals surface area (Å²) in [6.45, 7) is 1.37. The minimum atomic E-state index is 0.00468. The van der Waals surface area contributed by atoms with Gasteiger partial charge < -0.3 is 10.2 Å². The molecule has 1 aromatic carbocycles. The lowest BCUT2D eigenvalue weighted by molar-refractivity contribution is 0.0790. The summed E-state index contributed by atoms with van der Waals surface area (Å²) in [7, 11) is 1.87. The van der Waals surface area contributed by atoms with Crippen molar-refractivity contribution in [2.75, 3.05) is 13.6 Å². The topological polar surface area (TPSA) is 49.6 Å². The molecule has 0 unspecified atom stereocenters. The molecule has 5 nitrogen and oxygen atoms in total. The molecule has 1 amide bonds. The molecule has 142 valence electrons. The second kappa shape index (κ2) is 8.23. The van der Waals surface area contributed by atoms with Crippen molar-refractivity contribution in [2.45, 2.75) is 44.7 Å². The summed E-state index contributed by atoms with van der Waals surface area (Å²) in [5.74, 6) is 0.00468. The minimum Gasteiger partial charge on any atom is -0.340 e. The summed E-state index contributed by atoms with van der Waals surface area (Å²) in [6, 6.07) is 10.8. The van der Waals surface area contributed by atoms with E-state index in [1.807, 2.05) is 36.8 Å². The molecule has 0 aliphatic heterocycles. The first-order valence-corrected chi connectivity index (χ1v) is 10.6. The number of fused-ring (bicyclic) bond motifs is 1. The number of aromatic nitrogens is 2. The maximum absolute atomic E-state index is 13.1. The van der Waals surface area contributed by atoms with Crippen LogP contribution in [0.5, 0.6) is 0 Å². The van der Waals surface area contributed by atoms with E-state index in [9.17, 15) is 4.79 Å². The highest BCUT2D eigenvalue weighted by Gasteiger charge is 2.23. The normalized spacial score (nSPS) is 14.9. The maximum atomic E-state index is 13.1. The monoisotopic (exact) mass is 382 g/mol. The highest BCUT2D eigenvalue weighted by Crippen LogP contribution is 2.21. The van der Waals surface area contributed by atoms with Crippen LogP contribution in [0.4, 0.5) is 0 Å². The Labute approximate surface area is 164 Å². The smallest absolute Gasteiger partial charge is 0.274 e. The van der Waals surface area contributed by atoms with Crippen LogP contribution in [0.1, 0.15) is 47.4 Å². The lowest BCUT2D eigenvalue weighted by Crippen LogP contribution is -2.32. The Morgan fingerprint density at radius 3 is 2.85 bits per heavy atom. The molecule has 0 atom stereocenters. The Hall–Kier alpha value is -2.18. The fraction of sp³-hybridized carbons (Fsp3) is 0.429. The Bertz CT molecular complexity index is 895. The summed E-state index contributed by atoms with van der Waals surface area (Å²) in [4.78, 5) is 20.4. The van der Waals surface area contributed by atoms with Gasteiger partial charge in [0.1, 0.15) is 0 Å². The van der Waals surface area contributed by atoms with Crippen molar-refractivity contribution in [2.24, 2.45) is 0 Å². The van der Waals surface area contributed by atoms with Crippen LogP contribution in [0.25, 0.3) is 4.96 Å². The zero-order valence-corrected chi connectivity index (χ0v) is 16.5. The molecule has 0 bridgehead atoms. The van der Waals surface area contributed by atoms with E-state index in [2.05, 4.69) is 26.8 Å². The fourth-order valence-electron chi connectivity index (χ4n) is 3.77. The Balaban J connectivity index is 1.48. The van der Waals surface area contributed by atoms with Crippen molar-refractivity contribution in [3.8, 4) is 0 Å². The number of thiazole rings is 1. The van der Waals surface area contributed by atoms with E-state index >= 15 is 0 Å². The molecular weight excluding hydrogens is 356 g/mol. The molecule has 4 rings (SSSR count). The van der Waals surface area contributed by atoms with Gasteiger partial charge in [0.2, 0.25) is 0 Å². The van der Waals surface area contributed by atoms with Crippen LogP contribution in [-0.2, 0) is 13.0 Å². The van der Waals surface area contributed by atoms with Gasteiger partial charge in [0, 0.05) is 37.8 Å². The van der Waals surface area contributed by atoms with Crippen LogP contribution in [0.2, 0.25) is 0 Å². The Kier molecular flexibility index (Phi) is 5.55. The number of rotatable bonds is 7. The Morgan fingerprint density at radius 2 is 2.07 bits per heavy atom. The van der Waals surface area contributed by atoms with E-state index in [-0.39, 0.29) is 5.91 Å². The van der Waals surface area contributed by atoms with E-state index in [1.165, 1.54) is 31.2 Å². The van der Waals surface area contributed by atoms with Crippen molar-refractivity contribution >= 4 is 22.2 Å². The van der Waals surface area contributed by atoms with Crippen LogP contribution in [0, 0.1) is 0 Å². The number of imidazole rings is 1. The molecule has 3 aromatic rings. The van der Waals surface area contributed by atoms with Crippen LogP contribution < -0.4 is 5.32 Å². The van der Waals surface area contributed by atoms with E-state index in [4.69, 9.17) is 0 Å². The predicted octanol–water partition coefficient (Wildman–Crippen LogP) is 3.74. The first kappa shape index (κ1) is 18.2. The van der Waals surface area contributed by atoms with E-state index in [0.717, 1.165) is 17.1 Å². The van der Waals surface area contributed by atoms with Gasteiger partial charge >= 0.3 is 0 Å². The molecule has 1 saturated carbocycles. The summed E-state index contributed by atoms with van der Waals surface area (Å²) in [5.41, 5.74) is 2.81. The second-order valence-electron chi connectivity index (χ2n) is 7.29. The summed E-state index contributed by atoms with van der Waals surface area (Å²) >= 11 is 1.57. The van der Waals surface area contributed by atoms with Crippen molar-refractivity contribution in [3.63, 3.8) is 0 Å². The quantitative estimate of drug-likeness (QED) is 0.677. The average Bonchev–Trinajstić information content (AvgIpc) is 3.42.